The molecular formula is C87H96ClF6N15O14S6. The average Bonchev–Trinajstić information content (AvgIpc) is 1.60. The van der Waals surface area contributed by atoms with Crippen molar-refractivity contribution in [3.63, 3.8) is 0 Å². The Balaban J connectivity index is 0.000000151. The van der Waals surface area contributed by atoms with Crippen LogP contribution < -0.4 is 21.7 Å². The van der Waals surface area contributed by atoms with Gasteiger partial charge in [-0.2, -0.15) is 0 Å². The number of pyridine rings is 3. The number of benzene rings is 3. The molecule has 2 saturated heterocycles. The van der Waals surface area contributed by atoms with Crippen LogP contribution in [0.4, 0.5) is 66.2 Å². The second kappa shape index (κ2) is 41.8. The van der Waals surface area contributed by atoms with Gasteiger partial charge in [0, 0.05) is 159 Å². The Hall–Kier alpha value is -9.66. The van der Waals surface area contributed by atoms with Crippen molar-refractivity contribution in [3.8, 4) is 31.7 Å². The first-order valence-corrected chi connectivity index (χ1v) is 50.5. The lowest BCUT2D eigenvalue weighted by Gasteiger charge is -2.25. The average molecular weight is 1920 g/mol. The SMILES string of the molecule is COCCCc1cnc(-c2ccc(Nc3cc(CC(=O)C4CC4)nc4c3N=C(C(F)F)C4)c(S(C)(=O)=O)c2)s1.COCCCc1cnc(-c2ccc(Nc3cc(Cl)nc4c3nc(C(F)F)n4C3CCCCO3)c(S(C)(=O)=O)c2)s1.CS(=O)(=O)c1cc(-c2ncc(CCCO)s2)ccc1Nc1cc(CC(=O)C2CC2)nc2c1nc(C(F)F)n2C1CCCCO1.NC(=O)C1CC1. The van der Waals surface area contributed by atoms with E-state index in [0.29, 0.717) is 107 Å². The molecule has 42 heteroatoms. The molecule has 3 aliphatic heterocycles. The van der Waals surface area contributed by atoms with Crippen LogP contribution in [0.3, 0.4) is 0 Å². The number of aromatic nitrogens is 10. The number of nitrogens with zero attached hydrogens (tertiary/aromatic N) is 11. The van der Waals surface area contributed by atoms with E-state index in [1.54, 1.807) is 93.5 Å². The third-order valence-electron chi connectivity index (χ3n) is 21.9. The molecule has 129 heavy (non-hydrogen) atoms. The van der Waals surface area contributed by atoms with Crippen LogP contribution in [0.2, 0.25) is 5.15 Å². The van der Waals surface area contributed by atoms with Gasteiger partial charge in [-0.3, -0.25) is 28.5 Å². The summed E-state index contributed by atoms with van der Waals surface area (Å²) in [4.78, 5) is 77.7. The van der Waals surface area contributed by atoms with Crippen LogP contribution in [-0.4, -0.2) is 175 Å². The normalized spacial score (nSPS) is 16.4. The number of ketones is 2. The zero-order valence-electron chi connectivity index (χ0n) is 71.0. The predicted octanol–water partition coefficient (Wildman–Crippen LogP) is 17.6. The number of ether oxygens (including phenoxy) is 4. The number of anilines is 6. The number of rotatable bonds is 35. The molecule has 1 amide bonds. The highest BCUT2D eigenvalue weighted by Gasteiger charge is 2.37. The van der Waals surface area contributed by atoms with Crippen LogP contribution in [0.5, 0.6) is 0 Å². The fraction of sp³-hybridized carbons (Fsp3) is 0.448. The summed E-state index contributed by atoms with van der Waals surface area (Å²) in [5.74, 6) is -0.768. The highest BCUT2D eigenvalue weighted by atomic mass is 35.5. The largest absolute Gasteiger partial charge is 0.396 e. The molecule has 11 aromatic rings. The number of thiazole rings is 3. The Bertz CT molecular complexity index is 6350. The van der Waals surface area contributed by atoms with Crippen molar-refractivity contribution in [3.05, 3.63) is 140 Å². The zero-order valence-corrected chi connectivity index (χ0v) is 76.7. The van der Waals surface area contributed by atoms with Gasteiger partial charge in [0.25, 0.3) is 19.3 Å². The Morgan fingerprint density at radius 2 is 0.922 bits per heavy atom. The fourth-order valence-corrected chi connectivity index (χ4v) is 20.5. The molecule has 6 N–H and O–H groups in total. The number of aryl methyl sites for hydroxylation is 3. The Morgan fingerprint density at radius 3 is 1.29 bits per heavy atom. The van der Waals surface area contributed by atoms with Crippen LogP contribution in [-0.2, 0) is 101 Å². The number of imidazole rings is 2. The summed E-state index contributed by atoms with van der Waals surface area (Å²) < 4.78 is 186. The summed E-state index contributed by atoms with van der Waals surface area (Å²) in [6, 6.07) is 19.4. The summed E-state index contributed by atoms with van der Waals surface area (Å²) >= 11 is 10.7. The number of aliphatic imine (C=N–C) groups is 1. The zero-order chi connectivity index (χ0) is 91.8. The number of hydrogen-bond acceptors (Lipinski definition) is 29. The number of methoxy groups -OCH3 is 2. The lowest BCUT2D eigenvalue weighted by molar-refractivity contribution is -0.120. The first-order chi connectivity index (χ1) is 61.7. The predicted molar refractivity (Wildman–Crippen MR) is 481 cm³/mol. The smallest absolute Gasteiger partial charge is 0.295 e. The van der Waals surface area contributed by atoms with Crippen molar-refractivity contribution in [2.24, 2.45) is 28.5 Å². The number of Topliss-reactive ketones (excluding diaryl/α,β-unsaturated/α-hetero) is 2. The summed E-state index contributed by atoms with van der Waals surface area (Å²) in [7, 11) is -7.86. The monoisotopic (exact) mass is 1920 g/mol. The van der Waals surface area contributed by atoms with Crippen LogP contribution in [0.25, 0.3) is 54.0 Å². The van der Waals surface area contributed by atoms with Crippen molar-refractivity contribution >= 4 is 160 Å². The fourth-order valence-electron chi connectivity index (χ4n) is 14.9. The molecule has 3 aliphatic carbocycles. The van der Waals surface area contributed by atoms with E-state index >= 15 is 0 Å². The van der Waals surface area contributed by atoms with E-state index in [1.165, 1.54) is 55.3 Å². The van der Waals surface area contributed by atoms with Gasteiger partial charge < -0.3 is 45.7 Å². The third-order valence-corrected chi connectivity index (χ3v) is 28.8. The number of hydrogen-bond donors (Lipinski definition) is 5. The molecule has 11 heterocycles. The second-order valence-electron chi connectivity index (χ2n) is 32.2. The summed E-state index contributed by atoms with van der Waals surface area (Å²) in [5, 5.41) is 20.5. The number of nitrogens with one attached hydrogen (secondary N) is 3. The van der Waals surface area contributed by atoms with Crippen LogP contribution in [0.15, 0.2) is 111 Å². The number of carbonyl (C=O) groups excluding carboxylic acids is 3. The first-order valence-electron chi connectivity index (χ1n) is 42.0. The van der Waals surface area contributed by atoms with Gasteiger partial charge in [-0.05, 0) is 182 Å². The van der Waals surface area contributed by atoms with E-state index in [1.807, 2.05) is 0 Å². The number of aliphatic hydroxyl groups is 1. The van der Waals surface area contributed by atoms with Crippen molar-refractivity contribution in [2.75, 3.05) is 82.0 Å². The van der Waals surface area contributed by atoms with Gasteiger partial charge in [0.15, 0.2) is 52.5 Å². The number of aliphatic hydroxyl groups excluding tert-OH is 1. The van der Waals surface area contributed by atoms with E-state index < -0.39 is 72.9 Å². The van der Waals surface area contributed by atoms with Gasteiger partial charge in [0.05, 0.1) is 71.6 Å². The summed E-state index contributed by atoms with van der Waals surface area (Å²) in [6.07, 6.45) is 13.0. The number of carbonyl (C=O) groups is 3. The number of alkyl halides is 6. The summed E-state index contributed by atoms with van der Waals surface area (Å²) in [6.45, 7) is 2.21. The van der Waals surface area contributed by atoms with Crippen LogP contribution >= 0.6 is 45.6 Å². The number of primary amides is 1. The second-order valence-corrected chi connectivity index (χ2v) is 41.9. The van der Waals surface area contributed by atoms with E-state index in [-0.39, 0.29) is 143 Å². The molecule has 688 valence electrons. The third kappa shape index (κ3) is 24.2. The van der Waals surface area contributed by atoms with Crippen molar-refractivity contribution < 1.29 is 90.0 Å². The maximum atomic E-state index is 14.4. The number of nitrogens with two attached hydrogens (primary N) is 1. The van der Waals surface area contributed by atoms with Gasteiger partial charge in [-0.15, -0.1) is 34.0 Å². The topological polar surface area (TPSA) is 398 Å². The van der Waals surface area contributed by atoms with Crippen molar-refractivity contribution in [1.29, 1.82) is 0 Å². The molecule has 0 radical (unpaired) electrons. The highest BCUT2D eigenvalue weighted by molar-refractivity contribution is 7.91. The van der Waals surface area contributed by atoms with Gasteiger partial charge in [0.2, 0.25) is 5.91 Å². The van der Waals surface area contributed by atoms with Gasteiger partial charge in [-0.25, -0.2) is 91.5 Å². The number of halogens is 7. The molecule has 0 bridgehead atoms. The molecular weight excluding hydrogens is 1820 g/mol. The minimum absolute atomic E-state index is 0.00759. The first kappa shape index (κ1) is 95.4. The van der Waals surface area contributed by atoms with Gasteiger partial charge >= 0.3 is 0 Å². The molecule has 2 unspecified atom stereocenters. The number of fused-ring (bicyclic) bond motifs is 3. The Labute approximate surface area is 757 Å². The minimum Gasteiger partial charge on any atom is -0.396 e. The summed E-state index contributed by atoms with van der Waals surface area (Å²) in [5.41, 5.74) is 10.0. The van der Waals surface area contributed by atoms with Gasteiger partial charge in [0.1, 0.15) is 60.9 Å². The standard InChI is InChI=1S/C30H33F2N5O5S2.C27H28F2N4O4S2.C26H28ClF2N5O4S2.C4H7NO/c1-44(40,41)24-13-18(30-33-16-20(43-30)5-4-11-38)9-10-21(24)35-22-14-19(15-23(39)17-7-8-17)34-28-26(22)36-29(27(31)32)37(28)25-6-2-3-12-42-25;1-37-9-3-4-18-14-30-27(38-18)16-7-8-19(24(10-16)39(2,35)36)32-20-11-17(12-23(34)15-5-6-15)31-21-13-22(26(28)29)33-25(20)21;1-37-10-5-6-16-14-30-26(39-16)15-8-9-17(19(12-15)40(2,35)36)31-18-13-20(27)32-24-22(18)33-25(23(28)29)34(24)21-7-3-4-11-38-21;5-4(6)3-1-2-3/h9-10,13-14,16-17,25,27,38H,2-8,11-12,15H2,1H3,(H,34,35);7-8,10-11,14-15,26H,3-6,9,12-13H2,1-2H3,(H,31,32);8-9,12-14,21,23H,3-7,10-11H2,1-2H3,(H,31,32);3H,1-2H2,(H2,5,6). The van der Waals surface area contributed by atoms with Crippen molar-refractivity contribution in [2.45, 2.75) is 181 Å². The Morgan fingerprint density at radius 1 is 0.519 bits per heavy atom. The molecule has 6 aliphatic rings. The molecule has 5 fully saturated rings. The van der Waals surface area contributed by atoms with E-state index in [2.05, 4.69) is 60.8 Å². The number of amides is 1. The highest BCUT2D eigenvalue weighted by Crippen LogP contribution is 2.45. The molecule has 29 nitrogen and oxygen atoms in total. The molecule has 3 aromatic carbocycles. The maximum Gasteiger partial charge on any atom is 0.295 e. The molecule has 2 atom stereocenters. The van der Waals surface area contributed by atoms with Crippen LogP contribution in [0.1, 0.15) is 165 Å². The van der Waals surface area contributed by atoms with E-state index in [0.717, 1.165) is 123 Å². The maximum absolute atomic E-state index is 14.4. The lowest BCUT2D eigenvalue weighted by Crippen LogP contribution is -2.21. The molecule has 0 spiro atoms. The lowest BCUT2D eigenvalue weighted by atomic mass is 10.1. The molecule has 3 saturated carbocycles. The van der Waals surface area contributed by atoms with E-state index in [4.69, 9.17) is 41.4 Å². The van der Waals surface area contributed by atoms with Crippen LogP contribution in [0, 0.1) is 17.8 Å². The molecule has 8 aromatic heterocycles. The number of sulfone groups is 3. The van der Waals surface area contributed by atoms with Gasteiger partial charge in [-0.1, -0.05) is 11.6 Å². The minimum atomic E-state index is -3.76. The Kier molecular flexibility index (Phi) is 31.0. The quantitative estimate of drug-likeness (QED) is 0.0140. The van der Waals surface area contributed by atoms with E-state index in [9.17, 15) is 66.0 Å². The van der Waals surface area contributed by atoms with Crippen molar-refractivity contribution in [1.82, 2.24) is 49.0 Å². The molecule has 17 rings (SSSR count).